The fraction of sp³-hybridized carbons (Fsp3) is 0.167. The highest BCUT2D eigenvalue weighted by Crippen LogP contribution is 2.28. The summed E-state index contributed by atoms with van der Waals surface area (Å²) >= 11 is 12.6. The Balaban J connectivity index is 1.53. The molecule has 0 radical (unpaired) electrons. The third kappa shape index (κ3) is 7.46. The zero-order valence-electron chi connectivity index (χ0n) is 23.1. The van der Waals surface area contributed by atoms with Gasteiger partial charge in [-0.25, -0.2) is 13.8 Å². The number of hydrogen-bond donors (Lipinski definition) is 2. The van der Waals surface area contributed by atoms with Gasteiger partial charge in [-0.3, -0.25) is 9.59 Å². The molecule has 0 bridgehead atoms. The molecule has 0 atom stereocenters. The average molecular weight is 627 g/mol. The number of aryl methyl sites for hydroxylation is 1. The summed E-state index contributed by atoms with van der Waals surface area (Å²) in [6.45, 7) is 4.66. The number of aromatic nitrogens is 1. The molecule has 0 spiro atoms. The minimum atomic E-state index is -4.08. The SMILES string of the molecule is CC(=O)Nc1ccc(S(=O)(=O)N(CC(=O)N/N=C/c2cc(C)n(-c3cc(Cl)ccc3Cl)c2C)Cc2ccccc2)cc1. The van der Waals surface area contributed by atoms with Crippen LogP contribution in [0.1, 0.15) is 29.4 Å². The summed E-state index contributed by atoms with van der Waals surface area (Å²) < 4.78 is 30.1. The zero-order chi connectivity index (χ0) is 30.4. The van der Waals surface area contributed by atoms with Gasteiger partial charge in [0, 0.05) is 41.1 Å². The number of halogens is 2. The van der Waals surface area contributed by atoms with Crippen molar-refractivity contribution in [1.29, 1.82) is 0 Å². The fourth-order valence-corrected chi connectivity index (χ4v) is 6.14. The van der Waals surface area contributed by atoms with E-state index in [2.05, 4.69) is 15.8 Å². The summed E-state index contributed by atoms with van der Waals surface area (Å²) in [5.74, 6) is -0.893. The van der Waals surface area contributed by atoms with E-state index in [1.165, 1.54) is 37.4 Å². The van der Waals surface area contributed by atoms with Gasteiger partial charge >= 0.3 is 0 Å². The van der Waals surface area contributed by atoms with Crippen molar-refractivity contribution < 1.29 is 18.0 Å². The molecule has 12 heteroatoms. The molecule has 0 aliphatic rings. The van der Waals surface area contributed by atoms with Gasteiger partial charge in [-0.05, 0) is 67.9 Å². The van der Waals surface area contributed by atoms with Gasteiger partial charge in [-0.2, -0.15) is 9.41 Å². The third-order valence-corrected chi connectivity index (χ3v) is 8.71. The van der Waals surface area contributed by atoms with Crippen molar-refractivity contribution in [2.75, 3.05) is 11.9 Å². The number of sulfonamides is 1. The summed E-state index contributed by atoms with van der Waals surface area (Å²) in [7, 11) is -4.08. The van der Waals surface area contributed by atoms with Crippen LogP contribution in [-0.4, -0.2) is 41.9 Å². The van der Waals surface area contributed by atoms with Gasteiger partial charge in [0.1, 0.15) is 0 Å². The molecule has 42 heavy (non-hydrogen) atoms. The number of anilines is 1. The number of benzene rings is 3. The van der Waals surface area contributed by atoms with E-state index in [0.717, 1.165) is 26.9 Å². The molecule has 0 aliphatic carbocycles. The Labute approximate surface area is 254 Å². The van der Waals surface area contributed by atoms with Crippen molar-refractivity contribution in [2.45, 2.75) is 32.2 Å². The molecule has 3 aromatic carbocycles. The van der Waals surface area contributed by atoms with Gasteiger partial charge in [-0.15, -0.1) is 0 Å². The highest BCUT2D eigenvalue weighted by molar-refractivity contribution is 7.89. The van der Waals surface area contributed by atoms with Crippen molar-refractivity contribution in [2.24, 2.45) is 5.10 Å². The van der Waals surface area contributed by atoms with E-state index < -0.39 is 22.5 Å². The number of carbonyl (C=O) groups excluding carboxylic acids is 2. The van der Waals surface area contributed by atoms with Crippen LogP contribution < -0.4 is 10.7 Å². The Kier molecular flexibility index (Phi) is 9.85. The lowest BCUT2D eigenvalue weighted by molar-refractivity contribution is -0.121. The molecule has 0 fully saturated rings. The Morgan fingerprint density at radius 2 is 1.67 bits per heavy atom. The number of amides is 2. The van der Waals surface area contributed by atoms with Gasteiger partial charge < -0.3 is 9.88 Å². The van der Waals surface area contributed by atoms with Crippen molar-refractivity contribution in [3.63, 3.8) is 0 Å². The lowest BCUT2D eigenvalue weighted by atomic mass is 10.2. The van der Waals surface area contributed by atoms with Crippen molar-refractivity contribution in [3.05, 3.63) is 111 Å². The molecule has 4 aromatic rings. The minimum absolute atomic E-state index is 0.0176. The predicted molar refractivity (Wildman–Crippen MR) is 166 cm³/mol. The summed E-state index contributed by atoms with van der Waals surface area (Å²) in [6, 6.07) is 21.8. The molecular formula is C30H29Cl2N5O4S. The van der Waals surface area contributed by atoms with Crippen LogP contribution in [0.5, 0.6) is 0 Å². The van der Waals surface area contributed by atoms with E-state index in [-0.39, 0.29) is 17.3 Å². The van der Waals surface area contributed by atoms with Crippen LogP contribution in [0.25, 0.3) is 5.69 Å². The lowest BCUT2D eigenvalue weighted by Crippen LogP contribution is -2.39. The maximum Gasteiger partial charge on any atom is 0.255 e. The number of carbonyl (C=O) groups is 2. The second-order valence-electron chi connectivity index (χ2n) is 9.52. The molecule has 0 saturated heterocycles. The second-order valence-corrected chi connectivity index (χ2v) is 12.3. The van der Waals surface area contributed by atoms with Crippen molar-refractivity contribution >= 4 is 56.9 Å². The van der Waals surface area contributed by atoms with Crippen LogP contribution in [0.2, 0.25) is 10.0 Å². The number of hydrogen-bond acceptors (Lipinski definition) is 5. The molecule has 2 amide bonds. The molecule has 0 unspecified atom stereocenters. The predicted octanol–water partition coefficient (Wildman–Crippen LogP) is 5.70. The van der Waals surface area contributed by atoms with Crippen molar-refractivity contribution in [3.8, 4) is 5.69 Å². The fourth-order valence-electron chi connectivity index (χ4n) is 4.39. The number of nitrogens with zero attached hydrogens (tertiary/aromatic N) is 3. The summed E-state index contributed by atoms with van der Waals surface area (Å²) in [5, 5.41) is 7.76. The minimum Gasteiger partial charge on any atom is -0.326 e. The second kappa shape index (κ2) is 13.3. The monoisotopic (exact) mass is 625 g/mol. The standard InChI is InChI=1S/C30H29Cl2N5O4S/c1-20-15-24(21(2)37(20)29-16-25(31)9-14-28(29)32)17-33-35-30(39)19-36(18-23-7-5-4-6-8-23)42(40,41)27-12-10-26(11-13-27)34-22(3)38/h4-17H,18-19H2,1-3H3,(H,34,38)(H,35,39)/b33-17+. The molecular weight excluding hydrogens is 597 g/mol. The van der Waals surface area contributed by atoms with Gasteiger partial charge in [-0.1, -0.05) is 53.5 Å². The first-order valence-electron chi connectivity index (χ1n) is 12.8. The summed E-state index contributed by atoms with van der Waals surface area (Å²) in [5.41, 5.74) is 6.76. The maximum absolute atomic E-state index is 13.6. The average Bonchev–Trinajstić information content (AvgIpc) is 3.22. The summed E-state index contributed by atoms with van der Waals surface area (Å²) in [6.07, 6.45) is 1.49. The quantitative estimate of drug-likeness (QED) is 0.174. The topological polar surface area (TPSA) is 113 Å². The third-order valence-electron chi connectivity index (χ3n) is 6.35. The smallest absolute Gasteiger partial charge is 0.255 e. The number of nitrogens with one attached hydrogen (secondary N) is 2. The molecule has 2 N–H and O–H groups in total. The largest absolute Gasteiger partial charge is 0.326 e. The lowest BCUT2D eigenvalue weighted by Gasteiger charge is -2.21. The van der Waals surface area contributed by atoms with Crippen LogP contribution in [0.4, 0.5) is 5.69 Å². The first-order valence-corrected chi connectivity index (χ1v) is 15.0. The van der Waals surface area contributed by atoms with Gasteiger partial charge in [0.15, 0.2) is 0 Å². The summed E-state index contributed by atoms with van der Waals surface area (Å²) in [4.78, 5) is 24.2. The van der Waals surface area contributed by atoms with Crippen LogP contribution >= 0.6 is 23.2 Å². The van der Waals surface area contributed by atoms with Gasteiger partial charge in [0.2, 0.25) is 15.9 Å². The van der Waals surface area contributed by atoms with Crippen LogP contribution in [-0.2, 0) is 26.2 Å². The van der Waals surface area contributed by atoms with Gasteiger partial charge in [0.05, 0.1) is 28.4 Å². The van der Waals surface area contributed by atoms with Crippen LogP contribution in [0.3, 0.4) is 0 Å². The van der Waals surface area contributed by atoms with Crippen LogP contribution in [0.15, 0.2) is 88.9 Å². The molecule has 218 valence electrons. The zero-order valence-corrected chi connectivity index (χ0v) is 25.5. The molecule has 1 heterocycles. The Morgan fingerprint density at radius 3 is 2.33 bits per heavy atom. The first kappa shape index (κ1) is 31.0. The molecule has 9 nitrogen and oxygen atoms in total. The highest BCUT2D eigenvalue weighted by atomic mass is 35.5. The van der Waals surface area contributed by atoms with Gasteiger partial charge in [0.25, 0.3) is 5.91 Å². The molecule has 1 aromatic heterocycles. The normalized spacial score (nSPS) is 11.7. The highest BCUT2D eigenvalue weighted by Gasteiger charge is 2.27. The van der Waals surface area contributed by atoms with Crippen molar-refractivity contribution in [1.82, 2.24) is 14.3 Å². The first-order chi connectivity index (χ1) is 20.0. The van der Waals surface area contributed by atoms with E-state index in [4.69, 9.17) is 23.2 Å². The maximum atomic E-state index is 13.6. The molecule has 4 rings (SSSR count). The van der Waals surface area contributed by atoms with E-state index in [9.17, 15) is 18.0 Å². The van der Waals surface area contributed by atoms with E-state index in [1.807, 2.05) is 30.5 Å². The van der Waals surface area contributed by atoms with E-state index >= 15 is 0 Å². The molecule has 0 aliphatic heterocycles. The Hall–Kier alpha value is -3.96. The molecule has 0 saturated carbocycles. The Bertz CT molecular complexity index is 1740. The number of rotatable bonds is 10. The number of hydrazone groups is 1. The van der Waals surface area contributed by atoms with E-state index in [0.29, 0.717) is 21.3 Å². The Morgan fingerprint density at radius 1 is 0.976 bits per heavy atom. The van der Waals surface area contributed by atoms with Crippen LogP contribution in [0, 0.1) is 13.8 Å². The van der Waals surface area contributed by atoms with E-state index in [1.54, 1.807) is 42.5 Å².